The molecule has 0 spiro atoms. The maximum absolute atomic E-state index is 12.3. The van der Waals surface area contributed by atoms with Gasteiger partial charge in [0.15, 0.2) is 6.10 Å². The third kappa shape index (κ3) is 3.48. The quantitative estimate of drug-likeness (QED) is 0.689. The van der Waals surface area contributed by atoms with Crippen LogP contribution in [0.4, 0.5) is 5.00 Å². The Morgan fingerprint density at radius 1 is 1.31 bits per heavy atom. The van der Waals surface area contributed by atoms with Crippen LogP contribution in [0.2, 0.25) is 0 Å². The number of benzene rings is 1. The summed E-state index contributed by atoms with van der Waals surface area (Å²) >= 11 is 1.20. The zero-order valence-electron chi connectivity index (χ0n) is 13.6. The lowest BCUT2D eigenvalue weighted by atomic mass is 10.1. The minimum absolute atomic E-state index is 0.0396. The SMILES string of the molecule is C[C@@H](OC(=O)c1cc2ccccc2c(=O)[nH]1)C(=O)Nc1sccc1C#N. The number of fused-ring (bicyclic) bond motifs is 1. The van der Waals surface area contributed by atoms with E-state index in [-0.39, 0.29) is 5.69 Å². The lowest BCUT2D eigenvalue weighted by molar-refractivity contribution is -0.123. The van der Waals surface area contributed by atoms with Crippen LogP contribution in [0.15, 0.2) is 46.6 Å². The van der Waals surface area contributed by atoms with Gasteiger partial charge in [-0.3, -0.25) is 9.59 Å². The standard InChI is InChI=1S/C18H13N3O4S/c1-10(15(22)21-17-12(9-19)6-7-26-17)25-18(24)14-8-11-4-2-3-5-13(11)16(23)20-14/h2-8,10H,1H3,(H,20,23)(H,21,22)/t10-/m1/s1. The van der Waals surface area contributed by atoms with E-state index in [2.05, 4.69) is 10.3 Å². The number of aromatic amines is 1. The Morgan fingerprint density at radius 2 is 2.08 bits per heavy atom. The highest BCUT2D eigenvalue weighted by molar-refractivity contribution is 7.14. The first-order valence-electron chi connectivity index (χ1n) is 7.61. The number of pyridine rings is 1. The van der Waals surface area contributed by atoms with Crippen LogP contribution in [0.25, 0.3) is 10.8 Å². The molecule has 0 saturated carbocycles. The minimum Gasteiger partial charge on any atom is -0.448 e. The molecule has 0 aliphatic heterocycles. The Bertz CT molecular complexity index is 1090. The number of nitrogens with zero attached hydrogens (tertiary/aromatic N) is 1. The summed E-state index contributed by atoms with van der Waals surface area (Å²) in [5.74, 6) is -1.39. The molecule has 2 N–H and O–H groups in total. The number of hydrogen-bond acceptors (Lipinski definition) is 6. The third-order valence-electron chi connectivity index (χ3n) is 3.65. The summed E-state index contributed by atoms with van der Waals surface area (Å²) < 4.78 is 5.13. The second-order valence-electron chi connectivity index (χ2n) is 5.41. The molecule has 0 radical (unpaired) electrons. The molecule has 7 nitrogen and oxygen atoms in total. The summed E-state index contributed by atoms with van der Waals surface area (Å²) in [5, 5.41) is 14.6. The maximum Gasteiger partial charge on any atom is 0.355 e. The number of carbonyl (C=O) groups is 2. The van der Waals surface area contributed by atoms with E-state index in [0.29, 0.717) is 21.3 Å². The maximum atomic E-state index is 12.3. The highest BCUT2D eigenvalue weighted by atomic mass is 32.1. The molecule has 0 bridgehead atoms. The van der Waals surface area contributed by atoms with Gasteiger partial charge in [0, 0.05) is 5.39 Å². The van der Waals surface area contributed by atoms with Crippen molar-refractivity contribution < 1.29 is 14.3 Å². The highest BCUT2D eigenvalue weighted by Gasteiger charge is 2.21. The predicted octanol–water partition coefficient (Wildman–Crippen LogP) is 2.65. The number of nitrogens with one attached hydrogen (secondary N) is 2. The molecule has 2 heterocycles. The minimum atomic E-state index is -1.11. The van der Waals surface area contributed by atoms with Crippen LogP contribution in [-0.2, 0) is 9.53 Å². The molecule has 0 aliphatic carbocycles. The number of anilines is 1. The highest BCUT2D eigenvalue weighted by Crippen LogP contribution is 2.22. The second kappa shape index (κ2) is 7.21. The van der Waals surface area contributed by atoms with Crippen LogP contribution >= 0.6 is 11.3 Å². The van der Waals surface area contributed by atoms with Crippen molar-refractivity contribution in [2.75, 3.05) is 5.32 Å². The van der Waals surface area contributed by atoms with E-state index in [1.807, 2.05) is 6.07 Å². The Hall–Kier alpha value is -3.44. The van der Waals surface area contributed by atoms with E-state index in [1.165, 1.54) is 24.3 Å². The van der Waals surface area contributed by atoms with Crippen LogP contribution in [0.3, 0.4) is 0 Å². The average Bonchev–Trinajstić information content (AvgIpc) is 3.08. The molecule has 0 unspecified atom stereocenters. The molecule has 2 aromatic heterocycles. The van der Waals surface area contributed by atoms with Crippen LogP contribution in [0, 0.1) is 11.3 Å². The number of thiophene rings is 1. The number of ether oxygens (including phenoxy) is 1. The molecule has 0 fully saturated rings. The van der Waals surface area contributed by atoms with Gasteiger partial charge in [-0.05, 0) is 35.9 Å². The summed E-state index contributed by atoms with van der Waals surface area (Å²) in [6, 6.07) is 11.9. The monoisotopic (exact) mass is 367 g/mol. The smallest absolute Gasteiger partial charge is 0.355 e. The van der Waals surface area contributed by atoms with E-state index in [4.69, 9.17) is 10.00 Å². The van der Waals surface area contributed by atoms with Crippen LogP contribution in [0.5, 0.6) is 0 Å². The summed E-state index contributed by atoms with van der Waals surface area (Å²) in [4.78, 5) is 38.9. The molecule has 8 heteroatoms. The van der Waals surface area contributed by atoms with Crippen molar-refractivity contribution in [2.45, 2.75) is 13.0 Å². The molecule has 0 aliphatic rings. The number of esters is 1. The first kappa shape index (κ1) is 17.4. The van der Waals surface area contributed by atoms with Gasteiger partial charge in [-0.25, -0.2) is 4.79 Å². The van der Waals surface area contributed by atoms with E-state index in [0.717, 1.165) is 0 Å². The molecular formula is C18H13N3O4S. The molecule has 3 aromatic rings. The Morgan fingerprint density at radius 3 is 2.85 bits per heavy atom. The van der Waals surface area contributed by atoms with Crippen molar-refractivity contribution in [3.63, 3.8) is 0 Å². The van der Waals surface area contributed by atoms with Gasteiger partial charge < -0.3 is 15.0 Å². The molecule has 26 heavy (non-hydrogen) atoms. The summed E-state index contributed by atoms with van der Waals surface area (Å²) in [6.07, 6.45) is -1.11. The van der Waals surface area contributed by atoms with Crippen LogP contribution in [0.1, 0.15) is 23.0 Å². The normalized spacial score (nSPS) is 11.5. The molecule has 1 atom stereocenters. The fourth-order valence-electron chi connectivity index (χ4n) is 2.31. The van der Waals surface area contributed by atoms with Gasteiger partial charge in [0.05, 0.1) is 5.56 Å². The van der Waals surface area contributed by atoms with Crippen molar-refractivity contribution in [3.8, 4) is 6.07 Å². The zero-order chi connectivity index (χ0) is 18.7. The Kier molecular flexibility index (Phi) is 4.82. The molecule has 0 saturated heterocycles. The fourth-order valence-corrected chi connectivity index (χ4v) is 3.05. The van der Waals surface area contributed by atoms with Crippen molar-refractivity contribution >= 4 is 39.0 Å². The van der Waals surface area contributed by atoms with Crippen molar-refractivity contribution in [1.29, 1.82) is 5.26 Å². The van der Waals surface area contributed by atoms with Crippen molar-refractivity contribution in [3.05, 3.63) is 63.4 Å². The summed E-state index contributed by atoms with van der Waals surface area (Å²) in [5.41, 5.74) is -0.118. The second-order valence-corrected chi connectivity index (χ2v) is 6.33. The van der Waals surface area contributed by atoms with Gasteiger partial charge in [-0.1, -0.05) is 18.2 Å². The average molecular weight is 367 g/mol. The number of carbonyl (C=O) groups excluding carboxylic acids is 2. The predicted molar refractivity (Wildman–Crippen MR) is 97.1 cm³/mol. The molecule has 3 rings (SSSR count). The first-order chi connectivity index (χ1) is 12.5. The first-order valence-corrected chi connectivity index (χ1v) is 8.49. The van der Waals surface area contributed by atoms with Crippen molar-refractivity contribution in [2.24, 2.45) is 0 Å². The van der Waals surface area contributed by atoms with Gasteiger partial charge in [0.1, 0.15) is 16.8 Å². The Labute approximate surface area is 151 Å². The number of H-pyrrole nitrogens is 1. The number of nitriles is 1. The number of rotatable bonds is 4. The number of aromatic nitrogens is 1. The number of amides is 1. The lowest BCUT2D eigenvalue weighted by Crippen LogP contribution is -2.30. The van der Waals surface area contributed by atoms with Gasteiger partial charge in [0.25, 0.3) is 11.5 Å². The van der Waals surface area contributed by atoms with Gasteiger partial charge in [0.2, 0.25) is 0 Å². The largest absolute Gasteiger partial charge is 0.448 e. The van der Waals surface area contributed by atoms with Crippen molar-refractivity contribution in [1.82, 2.24) is 4.98 Å². The van der Waals surface area contributed by atoms with E-state index in [9.17, 15) is 14.4 Å². The summed E-state index contributed by atoms with van der Waals surface area (Å²) in [7, 11) is 0. The zero-order valence-corrected chi connectivity index (χ0v) is 14.4. The molecular weight excluding hydrogens is 354 g/mol. The molecule has 1 amide bonds. The van der Waals surface area contributed by atoms with Crippen LogP contribution < -0.4 is 10.9 Å². The number of hydrogen-bond donors (Lipinski definition) is 2. The Balaban J connectivity index is 1.74. The fraction of sp³-hybridized carbons (Fsp3) is 0.111. The lowest BCUT2D eigenvalue weighted by Gasteiger charge is -2.13. The van der Waals surface area contributed by atoms with E-state index >= 15 is 0 Å². The van der Waals surface area contributed by atoms with Crippen LogP contribution in [-0.4, -0.2) is 23.0 Å². The molecule has 1 aromatic carbocycles. The summed E-state index contributed by atoms with van der Waals surface area (Å²) in [6.45, 7) is 1.41. The van der Waals surface area contributed by atoms with Gasteiger partial charge in [-0.15, -0.1) is 11.3 Å². The third-order valence-corrected chi connectivity index (χ3v) is 4.48. The topological polar surface area (TPSA) is 112 Å². The molecule has 130 valence electrons. The van der Waals surface area contributed by atoms with E-state index in [1.54, 1.807) is 35.7 Å². The van der Waals surface area contributed by atoms with E-state index < -0.39 is 23.5 Å². The van der Waals surface area contributed by atoms with Gasteiger partial charge >= 0.3 is 5.97 Å². The van der Waals surface area contributed by atoms with Gasteiger partial charge in [-0.2, -0.15) is 5.26 Å².